The maximum atomic E-state index is 12.6. The highest BCUT2D eigenvalue weighted by atomic mass is 35.5. The van der Waals surface area contributed by atoms with Gasteiger partial charge < -0.3 is 10.1 Å². The minimum absolute atomic E-state index is 0.0335. The minimum atomic E-state index is -1.04. The van der Waals surface area contributed by atoms with Crippen molar-refractivity contribution in [3.05, 3.63) is 73.3 Å². The van der Waals surface area contributed by atoms with Crippen LogP contribution in [-0.2, 0) is 9.53 Å². The summed E-state index contributed by atoms with van der Waals surface area (Å²) >= 11 is 5.71. The number of ether oxygens (including phenoxy) is 1. The van der Waals surface area contributed by atoms with Crippen LogP contribution in [0.4, 0.5) is 5.69 Å². The molecule has 1 unspecified atom stereocenters. The molecule has 9 heteroatoms. The van der Waals surface area contributed by atoms with E-state index in [1.165, 1.54) is 19.1 Å². The molecule has 1 amide bonds. The number of Topliss-reactive ketones (excluding diaryl/α,β-unsaturated/α-hetero) is 1. The van der Waals surface area contributed by atoms with E-state index in [0.717, 1.165) is 22.8 Å². The van der Waals surface area contributed by atoms with E-state index in [4.69, 9.17) is 16.3 Å². The molecule has 0 fully saturated rings. The Morgan fingerprint density at radius 1 is 1.10 bits per heavy atom. The first-order valence-corrected chi connectivity index (χ1v) is 9.42. The molecule has 0 aliphatic heterocycles. The summed E-state index contributed by atoms with van der Waals surface area (Å²) in [5, 5.41) is 13.1. The van der Waals surface area contributed by atoms with Gasteiger partial charge in [0.25, 0.3) is 11.6 Å². The van der Waals surface area contributed by atoms with Crippen molar-refractivity contribution in [1.82, 2.24) is 5.32 Å². The summed E-state index contributed by atoms with van der Waals surface area (Å²) in [5.41, 5.74) is 2.80. The molecular formula is C21H21ClN2O6. The number of rotatable bonds is 7. The van der Waals surface area contributed by atoms with Crippen molar-refractivity contribution < 1.29 is 24.0 Å². The van der Waals surface area contributed by atoms with Gasteiger partial charge in [-0.05, 0) is 62.6 Å². The lowest BCUT2D eigenvalue weighted by Crippen LogP contribution is -2.34. The smallest absolute Gasteiger partial charge is 0.326 e. The fourth-order valence-electron chi connectivity index (χ4n) is 2.79. The van der Waals surface area contributed by atoms with E-state index >= 15 is 0 Å². The molecule has 2 aromatic carbocycles. The van der Waals surface area contributed by atoms with Crippen molar-refractivity contribution in [3.63, 3.8) is 0 Å². The van der Waals surface area contributed by atoms with Gasteiger partial charge >= 0.3 is 5.97 Å². The molecule has 158 valence electrons. The van der Waals surface area contributed by atoms with Gasteiger partial charge in [-0.15, -0.1) is 0 Å². The van der Waals surface area contributed by atoms with Crippen LogP contribution in [0, 0.1) is 30.9 Å². The zero-order valence-electron chi connectivity index (χ0n) is 16.9. The van der Waals surface area contributed by atoms with E-state index in [2.05, 4.69) is 5.32 Å². The van der Waals surface area contributed by atoms with Gasteiger partial charge in [-0.1, -0.05) is 17.7 Å². The number of amides is 1. The number of ketones is 1. The lowest BCUT2D eigenvalue weighted by Gasteiger charge is -2.15. The summed E-state index contributed by atoms with van der Waals surface area (Å²) in [4.78, 5) is 47.0. The Labute approximate surface area is 178 Å². The number of nitro benzene ring substituents is 1. The molecule has 30 heavy (non-hydrogen) atoms. The second kappa shape index (κ2) is 9.49. The second-order valence-corrected chi connectivity index (χ2v) is 7.26. The van der Waals surface area contributed by atoms with Crippen LogP contribution in [0.3, 0.4) is 0 Å². The highest BCUT2D eigenvalue weighted by Gasteiger charge is 2.22. The number of benzene rings is 2. The molecule has 0 saturated heterocycles. The fraction of sp³-hybridized carbons (Fsp3) is 0.286. The minimum Gasteiger partial charge on any atom is -0.453 e. The number of hydrogen-bond donors (Lipinski definition) is 1. The van der Waals surface area contributed by atoms with Crippen molar-refractivity contribution in [1.29, 1.82) is 0 Å². The Hall–Kier alpha value is -3.26. The Kier molecular flexibility index (Phi) is 7.28. The van der Waals surface area contributed by atoms with Crippen molar-refractivity contribution in [3.8, 4) is 0 Å². The molecule has 1 N–H and O–H groups in total. The first-order valence-electron chi connectivity index (χ1n) is 9.05. The van der Waals surface area contributed by atoms with Crippen molar-refractivity contribution in [2.45, 2.75) is 33.8 Å². The highest BCUT2D eigenvalue weighted by molar-refractivity contribution is 6.32. The van der Waals surface area contributed by atoms with Crippen LogP contribution in [0.25, 0.3) is 0 Å². The summed E-state index contributed by atoms with van der Waals surface area (Å²) in [6.07, 6.45) is -1.04. The maximum absolute atomic E-state index is 12.6. The van der Waals surface area contributed by atoms with Crippen LogP contribution >= 0.6 is 11.6 Å². The Morgan fingerprint density at radius 3 is 2.37 bits per heavy atom. The maximum Gasteiger partial charge on any atom is 0.326 e. The van der Waals surface area contributed by atoms with Crippen molar-refractivity contribution in [2.24, 2.45) is 0 Å². The molecule has 0 heterocycles. The van der Waals surface area contributed by atoms with Gasteiger partial charge in [0.15, 0.2) is 6.10 Å². The summed E-state index contributed by atoms with van der Waals surface area (Å²) in [6, 6.07) is 7.18. The number of hydrogen-bond acceptors (Lipinski definition) is 6. The number of carbonyl (C=O) groups excluding carboxylic acids is 3. The predicted molar refractivity (Wildman–Crippen MR) is 111 cm³/mol. The number of aryl methyl sites for hydroxylation is 3. The van der Waals surface area contributed by atoms with E-state index in [0.29, 0.717) is 5.56 Å². The molecule has 0 saturated carbocycles. The zero-order valence-corrected chi connectivity index (χ0v) is 17.7. The fourth-order valence-corrected chi connectivity index (χ4v) is 2.97. The zero-order chi connectivity index (χ0) is 22.6. The molecule has 0 spiro atoms. The Bertz CT molecular complexity index is 1030. The van der Waals surface area contributed by atoms with Gasteiger partial charge in [0.05, 0.1) is 4.92 Å². The number of carbonyl (C=O) groups is 3. The lowest BCUT2D eigenvalue weighted by atomic mass is 9.96. The predicted octanol–water partition coefficient (Wildman–Crippen LogP) is 3.72. The van der Waals surface area contributed by atoms with Gasteiger partial charge in [0.2, 0.25) is 5.78 Å². The summed E-state index contributed by atoms with van der Waals surface area (Å²) in [6.45, 7) is 6.59. The third kappa shape index (κ3) is 5.42. The van der Waals surface area contributed by atoms with Gasteiger partial charge in [-0.2, -0.15) is 0 Å². The Balaban J connectivity index is 1.98. The van der Waals surface area contributed by atoms with Crippen LogP contribution in [-0.4, -0.2) is 35.2 Å². The topological polar surface area (TPSA) is 116 Å². The van der Waals surface area contributed by atoms with Crippen molar-refractivity contribution >= 4 is 34.9 Å². The Morgan fingerprint density at radius 2 is 1.73 bits per heavy atom. The van der Waals surface area contributed by atoms with E-state index in [1.807, 2.05) is 19.9 Å². The molecule has 0 aliphatic carbocycles. The van der Waals surface area contributed by atoms with Gasteiger partial charge in [-0.3, -0.25) is 24.5 Å². The van der Waals surface area contributed by atoms with Crippen LogP contribution < -0.4 is 5.32 Å². The molecule has 0 aliphatic rings. The second-order valence-electron chi connectivity index (χ2n) is 6.85. The van der Waals surface area contributed by atoms with Crippen LogP contribution in [0.5, 0.6) is 0 Å². The number of nitro groups is 1. The largest absolute Gasteiger partial charge is 0.453 e. The van der Waals surface area contributed by atoms with E-state index in [9.17, 15) is 24.5 Å². The molecule has 0 radical (unpaired) electrons. The molecule has 1 atom stereocenters. The highest BCUT2D eigenvalue weighted by Crippen LogP contribution is 2.25. The van der Waals surface area contributed by atoms with E-state index < -0.39 is 35.1 Å². The normalized spacial score (nSPS) is 11.5. The SMILES string of the molecule is Cc1cc(C)c(C(=O)C(C)OC(=O)CNC(=O)c2ccc(Cl)c([N+](=O)[O-])c2)cc1C. The van der Waals surface area contributed by atoms with Crippen LogP contribution in [0.15, 0.2) is 30.3 Å². The third-order valence-corrected chi connectivity index (χ3v) is 4.90. The van der Waals surface area contributed by atoms with E-state index in [-0.39, 0.29) is 16.4 Å². The third-order valence-electron chi connectivity index (χ3n) is 4.58. The standard InChI is InChI=1S/C21H21ClN2O6/c1-11-7-13(3)16(8-12(11)2)20(26)14(4)30-19(25)10-23-21(27)15-5-6-17(22)18(9-15)24(28)29/h5-9,14H,10H2,1-4H3,(H,23,27). The average molecular weight is 433 g/mol. The average Bonchev–Trinajstić information content (AvgIpc) is 2.68. The molecule has 2 aromatic rings. The first-order chi connectivity index (χ1) is 14.0. The molecule has 0 bridgehead atoms. The number of esters is 1. The van der Waals surface area contributed by atoms with Gasteiger partial charge in [-0.25, -0.2) is 0 Å². The van der Waals surface area contributed by atoms with Gasteiger partial charge in [0.1, 0.15) is 11.6 Å². The molecule has 0 aromatic heterocycles. The molecule has 2 rings (SSSR count). The summed E-state index contributed by atoms with van der Waals surface area (Å²) < 4.78 is 5.13. The van der Waals surface area contributed by atoms with Gasteiger partial charge in [0, 0.05) is 17.2 Å². The first kappa shape index (κ1) is 23.0. The monoisotopic (exact) mass is 432 g/mol. The van der Waals surface area contributed by atoms with E-state index in [1.54, 1.807) is 13.0 Å². The molecule has 8 nitrogen and oxygen atoms in total. The quantitative estimate of drug-likeness (QED) is 0.308. The molecular weight excluding hydrogens is 412 g/mol. The summed E-state index contributed by atoms with van der Waals surface area (Å²) in [7, 11) is 0. The van der Waals surface area contributed by atoms with Crippen LogP contribution in [0.2, 0.25) is 5.02 Å². The van der Waals surface area contributed by atoms with Crippen molar-refractivity contribution in [2.75, 3.05) is 6.54 Å². The van der Waals surface area contributed by atoms with Crippen LogP contribution in [0.1, 0.15) is 44.3 Å². The number of nitrogens with zero attached hydrogens (tertiary/aromatic N) is 1. The number of nitrogens with one attached hydrogen (secondary N) is 1. The number of halogens is 1. The summed E-state index contributed by atoms with van der Waals surface area (Å²) in [5.74, 6) is -1.87. The lowest BCUT2D eigenvalue weighted by molar-refractivity contribution is -0.384.